The molecule has 0 heterocycles. The highest BCUT2D eigenvalue weighted by molar-refractivity contribution is 6.36. The monoisotopic (exact) mass is 383 g/mol. The van der Waals surface area contributed by atoms with Crippen molar-refractivity contribution in [1.29, 1.82) is 0 Å². The second kappa shape index (κ2) is 7.85. The second-order valence-corrected chi connectivity index (χ2v) is 6.42. The van der Waals surface area contributed by atoms with Crippen LogP contribution in [0.15, 0.2) is 30.3 Å². The van der Waals surface area contributed by atoms with Gasteiger partial charge in [0.25, 0.3) is 5.91 Å². The molecule has 0 aliphatic heterocycles. The number of carbonyl (C=O) groups excluding carboxylic acids is 2. The highest BCUT2D eigenvalue weighted by atomic mass is 35.5. The molecule has 0 fully saturated rings. The Balaban J connectivity index is 2.08. The number of nitrogens with one attached hydrogen (secondary N) is 1. The van der Waals surface area contributed by atoms with Crippen molar-refractivity contribution in [3.8, 4) is 0 Å². The van der Waals surface area contributed by atoms with Crippen molar-refractivity contribution in [1.82, 2.24) is 0 Å². The Morgan fingerprint density at radius 1 is 1.12 bits per heavy atom. The number of amides is 1. The molecule has 2 aromatic carbocycles. The topological polar surface area (TPSA) is 55.4 Å². The summed E-state index contributed by atoms with van der Waals surface area (Å²) in [5.74, 6) is -2.22. The highest BCUT2D eigenvalue weighted by Crippen LogP contribution is 2.25. The van der Waals surface area contributed by atoms with Crippen molar-refractivity contribution < 1.29 is 18.7 Å². The Labute approximate surface area is 154 Å². The van der Waals surface area contributed by atoms with E-state index < -0.39 is 23.8 Å². The second-order valence-electron chi connectivity index (χ2n) is 5.60. The van der Waals surface area contributed by atoms with Gasteiger partial charge in [0, 0.05) is 5.69 Å². The Morgan fingerprint density at radius 2 is 1.80 bits per heavy atom. The van der Waals surface area contributed by atoms with Gasteiger partial charge in [-0.25, -0.2) is 9.18 Å². The number of anilines is 1. The molecule has 0 bridgehead atoms. The Hall–Kier alpha value is -2.11. The van der Waals surface area contributed by atoms with E-state index in [2.05, 4.69) is 5.32 Å². The lowest BCUT2D eigenvalue weighted by Crippen LogP contribution is -2.30. The van der Waals surface area contributed by atoms with Crippen LogP contribution in [0.1, 0.15) is 28.4 Å². The lowest BCUT2D eigenvalue weighted by molar-refractivity contribution is -0.123. The number of esters is 1. The Morgan fingerprint density at radius 3 is 2.44 bits per heavy atom. The molecule has 1 amide bonds. The van der Waals surface area contributed by atoms with E-state index in [9.17, 15) is 14.0 Å². The third-order valence-electron chi connectivity index (χ3n) is 3.52. The van der Waals surface area contributed by atoms with E-state index in [0.717, 1.165) is 23.3 Å². The summed E-state index contributed by atoms with van der Waals surface area (Å²) < 4.78 is 18.6. The number of aryl methyl sites for hydroxylation is 2. The lowest BCUT2D eigenvalue weighted by Gasteiger charge is -2.15. The fourth-order valence-corrected chi connectivity index (χ4v) is 2.61. The molecule has 0 spiro atoms. The maximum Gasteiger partial charge on any atom is 0.340 e. The van der Waals surface area contributed by atoms with Crippen molar-refractivity contribution in [2.24, 2.45) is 0 Å². The average molecular weight is 384 g/mol. The normalized spacial score (nSPS) is 11.8. The van der Waals surface area contributed by atoms with Gasteiger partial charge in [-0.2, -0.15) is 0 Å². The molecule has 2 rings (SSSR count). The van der Waals surface area contributed by atoms with Crippen LogP contribution in [0.5, 0.6) is 0 Å². The van der Waals surface area contributed by atoms with Gasteiger partial charge in [0.05, 0.1) is 15.6 Å². The average Bonchev–Trinajstić information content (AvgIpc) is 2.53. The summed E-state index contributed by atoms with van der Waals surface area (Å²) in [5.41, 5.74) is 2.37. The number of hydrogen-bond donors (Lipinski definition) is 1. The van der Waals surface area contributed by atoms with E-state index in [1.807, 2.05) is 26.0 Å². The van der Waals surface area contributed by atoms with Crippen molar-refractivity contribution in [2.45, 2.75) is 26.9 Å². The van der Waals surface area contributed by atoms with Gasteiger partial charge in [-0.3, -0.25) is 4.79 Å². The first-order valence-electron chi connectivity index (χ1n) is 7.42. The third kappa shape index (κ3) is 4.71. The maximum atomic E-state index is 13.5. The van der Waals surface area contributed by atoms with Crippen molar-refractivity contribution >= 4 is 40.8 Å². The van der Waals surface area contributed by atoms with Crippen LogP contribution in [0, 0.1) is 19.7 Å². The molecule has 0 aromatic heterocycles. The zero-order valence-electron chi connectivity index (χ0n) is 13.8. The van der Waals surface area contributed by atoms with Crippen LogP contribution >= 0.6 is 23.2 Å². The predicted octanol–water partition coefficient (Wildman–Crippen LogP) is 4.93. The molecule has 1 N–H and O–H groups in total. The Bertz CT molecular complexity index is 839. The molecule has 0 saturated carbocycles. The molecule has 25 heavy (non-hydrogen) atoms. The quantitative estimate of drug-likeness (QED) is 0.601. The molecule has 7 heteroatoms. The molecule has 0 radical (unpaired) electrons. The van der Waals surface area contributed by atoms with Gasteiger partial charge in [0.2, 0.25) is 0 Å². The molecule has 2 aromatic rings. The molecule has 0 saturated heterocycles. The third-order valence-corrected chi connectivity index (χ3v) is 4.13. The molecular formula is C18H16Cl2FNO3. The van der Waals surface area contributed by atoms with E-state index in [0.29, 0.717) is 5.69 Å². The first kappa shape index (κ1) is 19.2. The van der Waals surface area contributed by atoms with Crippen LogP contribution in [-0.4, -0.2) is 18.0 Å². The van der Waals surface area contributed by atoms with E-state index in [-0.39, 0.29) is 15.6 Å². The standard InChI is InChI=1S/C18H16Cl2FNO3/c1-9-4-5-16(10(2)6-9)22-17(23)11(3)25-18(24)12-7-15(21)14(20)8-13(12)19/h4-8,11H,1-3H3,(H,22,23)/t11-/m1/s1. The largest absolute Gasteiger partial charge is 0.449 e. The fraction of sp³-hybridized carbons (Fsp3) is 0.222. The van der Waals surface area contributed by atoms with E-state index in [4.69, 9.17) is 27.9 Å². The first-order chi connectivity index (χ1) is 11.7. The molecule has 0 unspecified atom stereocenters. The summed E-state index contributed by atoms with van der Waals surface area (Å²) in [6.45, 7) is 5.21. The summed E-state index contributed by atoms with van der Waals surface area (Å²) in [4.78, 5) is 24.3. The molecule has 4 nitrogen and oxygen atoms in total. The van der Waals surface area contributed by atoms with Crippen LogP contribution in [0.25, 0.3) is 0 Å². The van der Waals surface area contributed by atoms with Crippen molar-refractivity contribution in [3.05, 3.63) is 62.9 Å². The SMILES string of the molecule is Cc1ccc(NC(=O)[C@@H](C)OC(=O)c2cc(F)c(Cl)cc2Cl)c(C)c1. The molecule has 1 atom stereocenters. The van der Waals surface area contributed by atoms with Crippen LogP contribution < -0.4 is 5.32 Å². The van der Waals surface area contributed by atoms with E-state index >= 15 is 0 Å². The molecule has 0 aliphatic carbocycles. The fourth-order valence-electron chi connectivity index (χ4n) is 2.14. The minimum atomic E-state index is -1.09. The van der Waals surface area contributed by atoms with E-state index in [1.165, 1.54) is 6.92 Å². The van der Waals surface area contributed by atoms with Crippen LogP contribution in [0.4, 0.5) is 10.1 Å². The lowest BCUT2D eigenvalue weighted by atomic mass is 10.1. The summed E-state index contributed by atoms with van der Waals surface area (Å²) in [6.07, 6.45) is -1.09. The molecular weight excluding hydrogens is 368 g/mol. The van der Waals surface area contributed by atoms with Gasteiger partial charge in [0.1, 0.15) is 5.82 Å². The van der Waals surface area contributed by atoms with Gasteiger partial charge in [0.15, 0.2) is 6.10 Å². The van der Waals surface area contributed by atoms with Gasteiger partial charge in [-0.1, -0.05) is 40.9 Å². The number of benzene rings is 2. The highest BCUT2D eigenvalue weighted by Gasteiger charge is 2.22. The van der Waals surface area contributed by atoms with Gasteiger partial charge in [-0.05, 0) is 44.5 Å². The van der Waals surface area contributed by atoms with Crippen LogP contribution in [-0.2, 0) is 9.53 Å². The zero-order chi connectivity index (χ0) is 18.7. The number of rotatable bonds is 4. The summed E-state index contributed by atoms with van der Waals surface area (Å²) >= 11 is 11.5. The maximum absolute atomic E-state index is 13.5. The number of halogens is 3. The summed E-state index contributed by atoms with van der Waals surface area (Å²) in [7, 11) is 0. The Kier molecular flexibility index (Phi) is 6.03. The number of hydrogen-bond acceptors (Lipinski definition) is 3. The van der Waals surface area contributed by atoms with Crippen LogP contribution in [0.3, 0.4) is 0 Å². The smallest absolute Gasteiger partial charge is 0.340 e. The van der Waals surface area contributed by atoms with Gasteiger partial charge < -0.3 is 10.1 Å². The minimum absolute atomic E-state index is 0.0570. The zero-order valence-corrected chi connectivity index (χ0v) is 15.3. The molecule has 132 valence electrons. The van der Waals surface area contributed by atoms with E-state index in [1.54, 1.807) is 6.07 Å². The summed E-state index contributed by atoms with van der Waals surface area (Å²) in [5, 5.41) is 2.42. The summed E-state index contributed by atoms with van der Waals surface area (Å²) in [6, 6.07) is 7.53. The van der Waals surface area contributed by atoms with Crippen molar-refractivity contribution in [2.75, 3.05) is 5.32 Å². The van der Waals surface area contributed by atoms with Crippen LogP contribution in [0.2, 0.25) is 10.0 Å². The van der Waals surface area contributed by atoms with Gasteiger partial charge in [-0.15, -0.1) is 0 Å². The minimum Gasteiger partial charge on any atom is -0.449 e. The first-order valence-corrected chi connectivity index (χ1v) is 8.18. The number of ether oxygens (including phenoxy) is 1. The van der Waals surface area contributed by atoms with Crippen molar-refractivity contribution in [3.63, 3.8) is 0 Å². The predicted molar refractivity (Wildman–Crippen MR) is 95.8 cm³/mol. The van der Waals surface area contributed by atoms with Gasteiger partial charge >= 0.3 is 5.97 Å². The number of carbonyl (C=O) groups is 2. The molecule has 0 aliphatic rings.